The Bertz CT molecular complexity index is 1320. The van der Waals surface area contributed by atoms with Crippen LogP contribution < -0.4 is 16.2 Å². The Morgan fingerprint density at radius 2 is 1.78 bits per heavy atom. The molecule has 4 aromatic rings. The van der Waals surface area contributed by atoms with Crippen LogP contribution >= 0.6 is 0 Å². The Labute approximate surface area is 185 Å². The number of hydrazine groups is 1. The summed E-state index contributed by atoms with van der Waals surface area (Å²) in [6.07, 6.45) is 0. The average molecular weight is 428 g/mol. The van der Waals surface area contributed by atoms with Gasteiger partial charge in [-0.05, 0) is 53.4 Å². The smallest absolute Gasteiger partial charge is 0.258 e. The van der Waals surface area contributed by atoms with Crippen LogP contribution in [-0.4, -0.2) is 21.0 Å². The molecule has 7 nitrogen and oxygen atoms in total. The highest BCUT2D eigenvalue weighted by Gasteiger charge is 2.50. The molecule has 0 spiro atoms. The van der Waals surface area contributed by atoms with Crippen molar-refractivity contribution in [1.82, 2.24) is 15.4 Å². The molecule has 3 aromatic carbocycles. The fraction of sp³-hybridized carbons (Fsp3) is 0.200. The lowest BCUT2D eigenvalue weighted by atomic mass is 9.87. The molecule has 162 valence electrons. The van der Waals surface area contributed by atoms with Crippen molar-refractivity contribution in [3.8, 4) is 5.75 Å². The number of fused-ring (bicyclic) bond motifs is 2. The van der Waals surface area contributed by atoms with Crippen molar-refractivity contribution in [3.63, 3.8) is 0 Å². The van der Waals surface area contributed by atoms with Gasteiger partial charge in [-0.25, -0.2) is 10.4 Å². The Morgan fingerprint density at radius 3 is 2.53 bits per heavy atom. The minimum atomic E-state index is -1.27. The highest BCUT2D eigenvalue weighted by Crippen LogP contribution is 2.39. The molecule has 1 atom stereocenters. The number of H-pyrrole nitrogens is 1. The van der Waals surface area contributed by atoms with E-state index in [2.05, 4.69) is 54.1 Å². The molecule has 0 fully saturated rings. The van der Waals surface area contributed by atoms with Crippen LogP contribution in [0.5, 0.6) is 5.75 Å². The first kappa shape index (κ1) is 20.1. The van der Waals surface area contributed by atoms with E-state index in [4.69, 9.17) is 4.98 Å². The highest BCUT2D eigenvalue weighted by molar-refractivity contribution is 6.03. The van der Waals surface area contributed by atoms with Crippen molar-refractivity contribution in [2.45, 2.75) is 31.7 Å². The standard InChI is InChI=1S/C25H25N5O2/c1-24(2,3)15-8-13-20-21(14-15)28-22(27-20)25(18-6-4-5-7-19(18)29-30-25)23(32)26-16-9-11-17(31)12-10-16/h4-14,29-31H,1-3H3,(H,26,32)(H,27,28). The molecule has 0 saturated heterocycles. The summed E-state index contributed by atoms with van der Waals surface area (Å²) in [5.41, 5.74) is 10.0. The number of benzene rings is 3. The molecule has 1 amide bonds. The summed E-state index contributed by atoms with van der Waals surface area (Å²) in [6, 6.07) is 20.2. The van der Waals surface area contributed by atoms with Crippen LogP contribution in [0.1, 0.15) is 37.7 Å². The van der Waals surface area contributed by atoms with Gasteiger partial charge in [0.25, 0.3) is 5.91 Å². The zero-order valence-corrected chi connectivity index (χ0v) is 18.2. The zero-order chi connectivity index (χ0) is 22.5. The van der Waals surface area contributed by atoms with Gasteiger partial charge in [0.2, 0.25) is 5.54 Å². The number of carbonyl (C=O) groups is 1. The molecule has 32 heavy (non-hydrogen) atoms. The van der Waals surface area contributed by atoms with E-state index in [1.807, 2.05) is 30.3 Å². The molecular weight excluding hydrogens is 402 g/mol. The Balaban J connectivity index is 1.64. The van der Waals surface area contributed by atoms with Gasteiger partial charge >= 0.3 is 0 Å². The number of aromatic amines is 1. The van der Waals surface area contributed by atoms with Crippen molar-refractivity contribution in [2.24, 2.45) is 0 Å². The maximum Gasteiger partial charge on any atom is 0.258 e. The summed E-state index contributed by atoms with van der Waals surface area (Å²) in [6.45, 7) is 6.49. The quantitative estimate of drug-likeness (QED) is 0.312. The molecule has 1 aromatic heterocycles. The molecule has 7 heteroatoms. The van der Waals surface area contributed by atoms with Gasteiger partial charge < -0.3 is 20.8 Å². The van der Waals surface area contributed by atoms with E-state index in [9.17, 15) is 9.90 Å². The molecule has 1 aliphatic heterocycles. The van der Waals surface area contributed by atoms with Crippen molar-refractivity contribution >= 4 is 28.3 Å². The maximum absolute atomic E-state index is 13.8. The summed E-state index contributed by atoms with van der Waals surface area (Å²) < 4.78 is 0. The predicted octanol–water partition coefficient (Wildman–Crippen LogP) is 4.38. The van der Waals surface area contributed by atoms with Crippen molar-refractivity contribution in [1.29, 1.82) is 0 Å². The van der Waals surface area contributed by atoms with Crippen LogP contribution in [-0.2, 0) is 15.7 Å². The van der Waals surface area contributed by atoms with Crippen LogP contribution in [0.25, 0.3) is 11.0 Å². The molecular formula is C25H25N5O2. The van der Waals surface area contributed by atoms with Gasteiger partial charge in [-0.1, -0.05) is 45.0 Å². The van der Waals surface area contributed by atoms with E-state index < -0.39 is 5.54 Å². The van der Waals surface area contributed by atoms with Crippen LogP contribution in [0.15, 0.2) is 66.7 Å². The van der Waals surface area contributed by atoms with Crippen LogP contribution in [0, 0.1) is 0 Å². The van der Waals surface area contributed by atoms with Crippen molar-refractivity contribution in [3.05, 3.63) is 83.7 Å². The molecule has 0 saturated carbocycles. The lowest BCUT2D eigenvalue weighted by molar-refractivity contribution is -0.121. The number of aromatic hydroxyl groups is 1. The van der Waals surface area contributed by atoms with Crippen molar-refractivity contribution in [2.75, 3.05) is 10.7 Å². The number of nitrogens with zero attached hydrogens (tertiary/aromatic N) is 1. The zero-order valence-electron chi connectivity index (χ0n) is 18.2. The number of phenolic OH excluding ortho intramolecular Hbond substituents is 1. The number of carbonyl (C=O) groups excluding carboxylic acids is 1. The number of para-hydroxylation sites is 1. The molecule has 1 aliphatic rings. The van der Waals surface area contributed by atoms with Gasteiger partial charge in [-0.3, -0.25) is 4.79 Å². The number of phenols is 1. The predicted molar refractivity (Wildman–Crippen MR) is 126 cm³/mol. The largest absolute Gasteiger partial charge is 0.508 e. The van der Waals surface area contributed by atoms with Gasteiger partial charge in [-0.2, -0.15) is 0 Å². The second-order valence-corrected chi connectivity index (χ2v) is 9.11. The van der Waals surface area contributed by atoms with E-state index in [0.717, 1.165) is 22.3 Å². The van der Waals surface area contributed by atoms with Gasteiger partial charge in [-0.15, -0.1) is 0 Å². The number of imidazole rings is 1. The molecule has 0 bridgehead atoms. The summed E-state index contributed by atoms with van der Waals surface area (Å²) in [7, 11) is 0. The molecule has 5 N–H and O–H groups in total. The lowest BCUT2D eigenvalue weighted by Gasteiger charge is -2.26. The summed E-state index contributed by atoms with van der Waals surface area (Å²) in [5, 5.41) is 12.5. The maximum atomic E-state index is 13.8. The van der Waals surface area contributed by atoms with Gasteiger partial charge in [0.15, 0.2) is 0 Å². The number of hydrogen-bond donors (Lipinski definition) is 5. The first-order chi connectivity index (χ1) is 15.3. The fourth-order valence-corrected chi connectivity index (χ4v) is 4.04. The molecule has 1 unspecified atom stereocenters. The monoisotopic (exact) mass is 427 g/mol. The number of anilines is 2. The van der Waals surface area contributed by atoms with Crippen molar-refractivity contribution < 1.29 is 9.90 Å². The number of nitrogens with one attached hydrogen (secondary N) is 4. The summed E-state index contributed by atoms with van der Waals surface area (Å²) in [4.78, 5) is 22.0. The second-order valence-electron chi connectivity index (χ2n) is 9.11. The van der Waals surface area contributed by atoms with Gasteiger partial charge in [0.1, 0.15) is 11.6 Å². The summed E-state index contributed by atoms with van der Waals surface area (Å²) in [5.74, 6) is 0.332. The van der Waals surface area contributed by atoms with E-state index in [0.29, 0.717) is 11.5 Å². The first-order valence-electron chi connectivity index (χ1n) is 10.5. The minimum absolute atomic E-state index is 0.00679. The Morgan fingerprint density at radius 1 is 1.03 bits per heavy atom. The SMILES string of the molecule is CC(C)(C)c1ccc2nc(C3(C(=O)Nc4ccc(O)cc4)NNc4ccccc43)[nH]c2c1. The molecule has 5 rings (SSSR count). The first-order valence-corrected chi connectivity index (χ1v) is 10.5. The van der Waals surface area contributed by atoms with Crippen LogP contribution in [0.4, 0.5) is 11.4 Å². The van der Waals surface area contributed by atoms with Crippen LogP contribution in [0.3, 0.4) is 0 Å². The average Bonchev–Trinajstić information content (AvgIpc) is 3.36. The third-order valence-corrected chi connectivity index (χ3v) is 5.88. The van der Waals surface area contributed by atoms with E-state index in [1.165, 1.54) is 17.7 Å². The van der Waals surface area contributed by atoms with E-state index in [-0.39, 0.29) is 17.1 Å². The second kappa shape index (κ2) is 7.10. The minimum Gasteiger partial charge on any atom is -0.508 e. The fourth-order valence-electron chi connectivity index (χ4n) is 4.04. The topological polar surface area (TPSA) is 102 Å². The number of rotatable bonds is 3. The molecule has 2 heterocycles. The Hall–Kier alpha value is -3.84. The summed E-state index contributed by atoms with van der Waals surface area (Å²) >= 11 is 0. The lowest BCUT2D eigenvalue weighted by Crippen LogP contribution is -2.51. The van der Waals surface area contributed by atoms with Crippen LogP contribution in [0.2, 0.25) is 0 Å². The van der Waals surface area contributed by atoms with E-state index >= 15 is 0 Å². The number of amides is 1. The Kier molecular flexibility index (Phi) is 4.46. The third-order valence-electron chi connectivity index (χ3n) is 5.88. The van der Waals surface area contributed by atoms with E-state index in [1.54, 1.807) is 12.1 Å². The van der Waals surface area contributed by atoms with Gasteiger partial charge in [0, 0.05) is 11.3 Å². The number of aromatic nitrogens is 2. The normalized spacial score (nSPS) is 17.7. The highest BCUT2D eigenvalue weighted by atomic mass is 16.3. The third kappa shape index (κ3) is 3.18. The number of hydrogen-bond acceptors (Lipinski definition) is 5. The van der Waals surface area contributed by atoms with Gasteiger partial charge in [0.05, 0.1) is 16.7 Å². The molecule has 0 aliphatic carbocycles. The molecule has 0 radical (unpaired) electrons.